The smallest absolute Gasteiger partial charge is 0.151 e. The molecule has 1 N–H and O–H groups in total. The molecule has 3 aromatic rings. The monoisotopic (exact) mass is 332 g/mol. The highest BCUT2D eigenvalue weighted by atomic mass is 32.2. The van der Waals surface area contributed by atoms with E-state index in [2.05, 4.69) is 40.6 Å². The molecule has 0 saturated heterocycles. The van der Waals surface area contributed by atoms with Crippen molar-refractivity contribution in [1.82, 2.24) is 4.98 Å². The molecule has 2 heterocycles. The van der Waals surface area contributed by atoms with E-state index in [0.29, 0.717) is 0 Å². The van der Waals surface area contributed by atoms with Crippen molar-refractivity contribution in [3.05, 3.63) is 54.2 Å². The Kier molecular flexibility index (Phi) is 3.79. The van der Waals surface area contributed by atoms with Gasteiger partial charge in [0, 0.05) is 34.7 Å². The van der Waals surface area contributed by atoms with E-state index in [1.54, 1.807) is 6.20 Å². The van der Waals surface area contributed by atoms with Crippen LogP contribution in [0.25, 0.3) is 22.0 Å². The van der Waals surface area contributed by atoms with Crippen LogP contribution in [0.3, 0.4) is 0 Å². The molecule has 1 aliphatic heterocycles. The number of benzene rings is 2. The van der Waals surface area contributed by atoms with E-state index in [0.717, 1.165) is 51.0 Å². The van der Waals surface area contributed by atoms with Crippen molar-refractivity contribution < 1.29 is 4.21 Å². The summed E-state index contributed by atoms with van der Waals surface area (Å²) in [7, 11) is -1.29. The Labute approximate surface area is 143 Å². The van der Waals surface area contributed by atoms with Gasteiger partial charge in [0.15, 0.2) is 11.0 Å². The van der Waals surface area contributed by atoms with Crippen LogP contribution in [0, 0.1) is 11.8 Å². The van der Waals surface area contributed by atoms with E-state index in [-0.39, 0.29) is 0 Å². The summed E-state index contributed by atoms with van der Waals surface area (Å²) in [5, 5.41) is 1.03. The van der Waals surface area contributed by atoms with Gasteiger partial charge in [-0.15, -0.1) is 0 Å². The quantitative estimate of drug-likeness (QED) is 0.667. The van der Waals surface area contributed by atoms with E-state index in [4.69, 9.17) is 0 Å². The summed E-state index contributed by atoms with van der Waals surface area (Å²) in [4.78, 5) is 5.25. The number of rotatable bonds is 1. The highest BCUT2D eigenvalue weighted by Gasteiger charge is 2.23. The number of pyridine rings is 1. The molecule has 0 aliphatic carbocycles. The first-order valence-electron chi connectivity index (χ1n) is 7.97. The molecule has 3 nitrogen and oxygen atoms in total. The summed E-state index contributed by atoms with van der Waals surface area (Å²) < 4.78 is 15.7. The minimum atomic E-state index is -1.29. The minimum absolute atomic E-state index is 0.791. The molecule has 0 bridgehead atoms. The summed E-state index contributed by atoms with van der Waals surface area (Å²) in [5.74, 6) is 6.36. The van der Waals surface area contributed by atoms with Gasteiger partial charge in [-0.05, 0) is 30.7 Å². The molecule has 24 heavy (non-hydrogen) atoms. The summed E-state index contributed by atoms with van der Waals surface area (Å²) in [6, 6.07) is 13.9. The highest BCUT2D eigenvalue weighted by molar-refractivity contribution is 7.86. The molecule has 0 amide bonds. The first-order valence-corrected chi connectivity index (χ1v) is 9.12. The molecule has 0 fully saturated rings. The maximum atomic E-state index is 12.6. The lowest BCUT2D eigenvalue weighted by Gasteiger charge is -2.22. The predicted octanol–water partition coefficient (Wildman–Crippen LogP) is 4.50. The summed E-state index contributed by atoms with van der Waals surface area (Å²) in [6.45, 7) is 2.12. The van der Waals surface area contributed by atoms with Gasteiger partial charge in [-0.3, -0.25) is 9.71 Å². The molecule has 1 unspecified atom stereocenters. The molecule has 2 aromatic carbocycles. The van der Waals surface area contributed by atoms with Gasteiger partial charge in [0.1, 0.15) is 0 Å². The maximum Gasteiger partial charge on any atom is 0.151 e. The lowest BCUT2D eigenvalue weighted by molar-refractivity contribution is 0.686. The van der Waals surface area contributed by atoms with Crippen molar-refractivity contribution in [3.8, 4) is 23.0 Å². The number of hydrogen-bond donors (Lipinski definition) is 1. The van der Waals surface area contributed by atoms with E-state index < -0.39 is 11.0 Å². The van der Waals surface area contributed by atoms with Crippen molar-refractivity contribution in [2.75, 3.05) is 4.72 Å². The fraction of sp³-hybridized carbons (Fsp3) is 0.150. The first kappa shape index (κ1) is 14.9. The average molecular weight is 332 g/mol. The van der Waals surface area contributed by atoms with Gasteiger partial charge in [0.2, 0.25) is 0 Å². The van der Waals surface area contributed by atoms with Gasteiger partial charge < -0.3 is 0 Å². The number of unbranched alkanes of at least 4 members (excludes halogenated alkanes) is 1. The molecular weight excluding hydrogens is 316 g/mol. The zero-order chi connectivity index (χ0) is 16.5. The largest absolute Gasteiger partial charge is 0.298 e. The second-order valence-corrected chi connectivity index (χ2v) is 6.88. The summed E-state index contributed by atoms with van der Waals surface area (Å²) in [5.41, 5.74) is 4.62. The number of nitrogens with zero attached hydrogens (tertiary/aromatic N) is 1. The maximum absolute atomic E-state index is 12.6. The van der Waals surface area contributed by atoms with Crippen LogP contribution in [0.4, 0.5) is 5.69 Å². The number of nitrogens with one attached hydrogen (secondary N) is 1. The van der Waals surface area contributed by atoms with Crippen molar-refractivity contribution in [1.29, 1.82) is 0 Å². The Bertz CT molecular complexity index is 1030. The highest BCUT2D eigenvalue weighted by Crippen LogP contribution is 2.41. The van der Waals surface area contributed by atoms with Gasteiger partial charge in [-0.1, -0.05) is 37.0 Å². The summed E-state index contributed by atoms with van der Waals surface area (Å²) in [6.07, 6.45) is 3.69. The van der Waals surface area contributed by atoms with Crippen molar-refractivity contribution in [2.24, 2.45) is 0 Å². The molecule has 1 aromatic heterocycles. The van der Waals surface area contributed by atoms with Crippen LogP contribution >= 0.6 is 0 Å². The van der Waals surface area contributed by atoms with Crippen LogP contribution in [-0.4, -0.2) is 9.19 Å². The SMILES string of the molecule is CCCC#Cc1ccc2c(c1)-c1ccc3cccnc3c1NS2=O. The van der Waals surface area contributed by atoms with E-state index in [1.807, 2.05) is 30.3 Å². The molecule has 118 valence electrons. The van der Waals surface area contributed by atoms with Crippen LogP contribution < -0.4 is 4.72 Å². The lowest BCUT2D eigenvalue weighted by Crippen LogP contribution is -2.13. The topological polar surface area (TPSA) is 42.0 Å². The van der Waals surface area contributed by atoms with Gasteiger partial charge in [-0.2, -0.15) is 0 Å². The van der Waals surface area contributed by atoms with Gasteiger partial charge in [0.25, 0.3) is 0 Å². The number of aromatic nitrogens is 1. The second-order valence-electron chi connectivity index (χ2n) is 5.70. The molecule has 4 heteroatoms. The summed E-state index contributed by atoms with van der Waals surface area (Å²) >= 11 is 0. The third-order valence-electron chi connectivity index (χ3n) is 4.05. The third-order valence-corrected chi connectivity index (χ3v) is 5.19. The normalized spacial score (nSPS) is 15.0. The molecule has 1 atom stereocenters. The minimum Gasteiger partial charge on any atom is -0.298 e. The Morgan fingerprint density at radius 2 is 2.08 bits per heavy atom. The van der Waals surface area contributed by atoms with E-state index in [9.17, 15) is 4.21 Å². The Morgan fingerprint density at radius 1 is 1.17 bits per heavy atom. The molecule has 0 saturated carbocycles. The second kappa shape index (κ2) is 6.10. The van der Waals surface area contributed by atoms with Crippen molar-refractivity contribution in [2.45, 2.75) is 24.7 Å². The number of anilines is 1. The molecule has 0 spiro atoms. The molecule has 4 rings (SSSR count). The van der Waals surface area contributed by atoms with Crippen LogP contribution in [0.15, 0.2) is 53.6 Å². The first-order chi connectivity index (χ1) is 11.8. The molecule has 1 aliphatic rings. The standard InChI is InChI=1S/C20H16N2OS/c1-2-3-4-6-14-8-11-18-17(13-14)16-10-9-15-7-5-12-21-19(15)20(16)22-24(18)23/h5,7-13,22H,2-3H2,1H3. The number of fused-ring (bicyclic) bond motifs is 5. The van der Waals surface area contributed by atoms with Crippen molar-refractivity contribution in [3.63, 3.8) is 0 Å². The fourth-order valence-corrected chi connectivity index (χ4v) is 3.95. The van der Waals surface area contributed by atoms with Gasteiger partial charge in [0.05, 0.1) is 16.1 Å². The third kappa shape index (κ3) is 2.47. The zero-order valence-electron chi connectivity index (χ0n) is 13.3. The van der Waals surface area contributed by atoms with Gasteiger partial charge in [-0.25, -0.2) is 4.21 Å². The van der Waals surface area contributed by atoms with Crippen LogP contribution in [0.5, 0.6) is 0 Å². The van der Waals surface area contributed by atoms with Gasteiger partial charge >= 0.3 is 0 Å². The molecule has 0 radical (unpaired) electrons. The van der Waals surface area contributed by atoms with Crippen LogP contribution in [0.1, 0.15) is 25.3 Å². The Morgan fingerprint density at radius 3 is 2.96 bits per heavy atom. The Hall–Kier alpha value is -2.64. The van der Waals surface area contributed by atoms with E-state index >= 15 is 0 Å². The predicted molar refractivity (Wildman–Crippen MR) is 99.0 cm³/mol. The average Bonchev–Trinajstić information content (AvgIpc) is 2.62. The molecular formula is C20H16N2OS. The fourth-order valence-electron chi connectivity index (χ4n) is 2.89. The lowest BCUT2D eigenvalue weighted by atomic mass is 9.99. The van der Waals surface area contributed by atoms with Crippen LogP contribution in [-0.2, 0) is 11.0 Å². The zero-order valence-corrected chi connectivity index (χ0v) is 14.1. The Balaban J connectivity index is 1.92. The number of hydrogen-bond acceptors (Lipinski definition) is 2. The van der Waals surface area contributed by atoms with Crippen LogP contribution in [0.2, 0.25) is 0 Å². The van der Waals surface area contributed by atoms with E-state index in [1.165, 1.54) is 0 Å². The van der Waals surface area contributed by atoms with Crippen molar-refractivity contribution >= 4 is 27.6 Å².